The maximum Gasteiger partial charge on any atom is 0.231 e. The maximum absolute atomic E-state index is 10.7. The highest BCUT2D eigenvalue weighted by Gasteiger charge is 2.17. The van der Waals surface area contributed by atoms with Crippen LogP contribution in [0.1, 0.15) is 13.3 Å². The minimum absolute atomic E-state index is 0.100. The molecule has 0 unspecified atom stereocenters. The zero-order valence-electron chi connectivity index (χ0n) is 8.57. The van der Waals surface area contributed by atoms with Crippen molar-refractivity contribution >= 4 is 5.91 Å². The third-order valence-electron chi connectivity index (χ3n) is 2.20. The van der Waals surface area contributed by atoms with Crippen molar-refractivity contribution in [2.45, 2.75) is 19.6 Å². The highest BCUT2D eigenvalue weighted by Crippen LogP contribution is 2.08. The predicted molar refractivity (Wildman–Crippen MR) is 51.6 cm³/mol. The van der Waals surface area contributed by atoms with Gasteiger partial charge >= 0.3 is 0 Å². The SMILES string of the molecule is CCN(CCC1OCCO1)CC(N)=O. The molecule has 0 aromatic carbocycles. The number of carbonyl (C=O) groups excluding carboxylic acids is 1. The van der Waals surface area contributed by atoms with Gasteiger partial charge in [0.05, 0.1) is 19.8 Å². The lowest BCUT2D eigenvalue weighted by Gasteiger charge is -2.19. The fourth-order valence-corrected chi connectivity index (χ4v) is 1.43. The summed E-state index contributed by atoms with van der Waals surface area (Å²) in [4.78, 5) is 12.7. The summed E-state index contributed by atoms with van der Waals surface area (Å²) < 4.78 is 10.6. The molecule has 0 aromatic rings. The number of ether oxygens (including phenoxy) is 2. The quantitative estimate of drug-likeness (QED) is 0.634. The lowest BCUT2D eigenvalue weighted by Crippen LogP contribution is -2.35. The lowest BCUT2D eigenvalue weighted by atomic mass is 10.3. The van der Waals surface area contributed by atoms with E-state index in [1.165, 1.54) is 0 Å². The van der Waals surface area contributed by atoms with E-state index in [4.69, 9.17) is 15.2 Å². The molecule has 1 aliphatic heterocycles. The molecular weight excluding hydrogens is 184 g/mol. The van der Waals surface area contributed by atoms with E-state index in [1.54, 1.807) is 0 Å². The van der Waals surface area contributed by atoms with Crippen LogP contribution in [0.3, 0.4) is 0 Å². The molecule has 1 saturated heterocycles. The Kier molecular flexibility index (Phi) is 4.86. The van der Waals surface area contributed by atoms with Crippen LogP contribution in [0.2, 0.25) is 0 Å². The van der Waals surface area contributed by atoms with Crippen molar-refractivity contribution in [3.63, 3.8) is 0 Å². The molecule has 0 saturated carbocycles. The van der Waals surface area contributed by atoms with Crippen LogP contribution in [0, 0.1) is 0 Å². The van der Waals surface area contributed by atoms with Crippen LogP contribution >= 0.6 is 0 Å². The highest BCUT2D eigenvalue weighted by atomic mass is 16.7. The first-order valence-electron chi connectivity index (χ1n) is 4.96. The monoisotopic (exact) mass is 202 g/mol. The maximum atomic E-state index is 10.7. The molecule has 1 rings (SSSR count). The van der Waals surface area contributed by atoms with Crippen LogP contribution in [0.4, 0.5) is 0 Å². The van der Waals surface area contributed by atoms with Gasteiger partial charge in [0.25, 0.3) is 0 Å². The van der Waals surface area contributed by atoms with Crippen molar-refractivity contribution < 1.29 is 14.3 Å². The number of rotatable bonds is 6. The molecule has 5 heteroatoms. The molecule has 0 aliphatic carbocycles. The molecule has 1 amide bonds. The molecule has 0 radical (unpaired) electrons. The second-order valence-electron chi connectivity index (χ2n) is 3.29. The molecule has 1 fully saturated rings. The molecule has 0 atom stereocenters. The fraction of sp³-hybridized carbons (Fsp3) is 0.889. The van der Waals surface area contributed by atoms with Crippen molar-refractivity contribution in [3.05, 3.63) is 0 Å². The van der Waals surface area contributed by atoms with Gasteiger partial charge in [0.1, 0.15) is 0 Å². The van der Waals surface area contributed by atoms with E-state index in [2.05, 4.69) is 0 Å². The van der Waals surface area contributed by atoms with Crippen molar-refractivity contribution in [3.8, 4) is 0 Å². The first-order chi connectivity index (χ1) is 6.72. The zero-order valence-corrected chi connectivity index (χ0v) is 8.57. The Bertz CT molecular complexity index is 181. The molecule has 1 heterocycles. The average Bonchev–Trinajstić information content (AvgIpc) is 2.64. The van der Waals surface area contributed by atoms with E-state index in [-0.39, 0.29) is 12.2 Å². The van der Waals surface area contributed by atoms with Crippen LogP contribution in [-0.2, 0) is 14.3 Å². The summed E-state index contributed by atoms with van der Waals surface area (Å²) in [6, 6.07) is 0. The number of carbonyl (C=O) groups is 1. The standard InChI is InChI=1S/C9H18N2O3/c1-2-11(7-8(10)12)4-3-9-13-5-6-14-9/h9H,2-7H2,1H3,(H2,10,12). The summed E-state index contributed by atoms with van der Waals surface area (Å²) in [7, 11) is 0. The smallest absolute Gasteiger partial charge is 0.231 e. The summed E-state index contributed by atoms with van der Waals surface area (Å²) in [6.07, 6.45) is 0.693. The summed E-state index contributed by atoms with van der Waals surface area (Å²) >= 11 is 0. The number of primary amides is 1. The van der Waals surface area contributed by atoms with Gasteiger partial charge in [-0.25, -0.2) is 0 Å². The lowest BCUT2D eigenvalue weighted by molar-refractivity contribution is -0.119. The van der Waals surface area contributed by atoms with Crippen molar-refractivity contribution in [1.29, 1.82) is 0 Å². The van der Waals surface area contributed by atoms with Gasteiger partial charge in [-0.3, -0.25) is 9.69 Å². The number of amides is 1. The van der Waals surface area contributed by atoms with Gasteiger partial charge in [0.2, 0.25) is 5.91 Å². The van der Waals surface area contributed by atoms with Crippen molar-refractivity contribution in [2.75, 3.05) is 32.8 Å². The number of nitrogens with two attached hydrogens (primary N) is 1. The Hall–Kier alpha value is -0.650. The van der Waals surface area contributed by atoms with Crippen molar-refractivity contribution in [1.82, 2.24) is 4.90 Å². The molecule has 0 bridgehead atoms. The van der Waals surface area contributed by atoms with Crippen LogP contribution in [0.5, 0.6) is 0 Å². The Balaban J connectivity index is 2.15. The van der Waals surface area contributed by atoms with Crippen LogP contribution in [0.25, 0.3) is 0 Å². The van der Waals surface area contributed by atoms with E-state index >= 15 is 0 Å². The van der Waals surface area contributed by atoms with Crippen LogP contribution in [-0.4, -0.2) is 49.9 Å². The van der Waals surface area contributed by atoms with E-state index in [9.17, 15) is 4.79 Å². The normalized spacial score (nSPS) is 17.9. The number of nitrogens with zero attached hydrogens (tertiary/aromatic N) is 1. The van der Waals surface area contributed by atoms with E-state index < -0.39 is 0 Å². The Morgan fingerprint density at radius 1 is 1.50 bits per heavy atom. The van der Waals surface area contributed by atoms with E-state index in [1.807, 2.05) is 11.8 Å². The van der Waals surface area contributed by atoms with Gasteiger partial charge < -0.3 is 15.2 Å². The molecule has 5 nitrogen and oxygen atoms in total. The van der Waals surface area contributed by atoms with Gasteiger partial charge in [-0.05, 0) is 6.54 Å². The van der Waals surface area contributed by atoms with Gasteiger partial charge in [0.15, 0.2) is 6.29 Å². The molecule has 14 heavy (non-hydrogen) atoms. The van der Waals surface area contributed by atoms with Gasteiger partial charge in [0, 0.05) is 13.0 Å². The fourth-order valence-electron chi connectivity index (χ4n) is 1.43. The largest absolute Gasteiger partial charge is 0.369 e. The Morgan fingerprint density at radius 3 is 2.64 bits per heavy atom. The molecule has 0 aromatic heterocycles. The molecule has 82 valence electrons. The Morgan fingerprint density at radius 2 is 2.14 bits per heavy atom. The second kappa shape index (κ2) is 5.95. The number of hydrogen-bond donors (Lipinski definition) is 1. The van der Waals surface area contributed by atoms with Gasteiger partial charge in [-0.2, -0.15) is 0 Å². The van der Waals surface area contributed by atoms with Gasteiger partial charge in [-0.1, -0.05) is 6.92 Å². The van der Waals surface area contributed by atoms with Crippen LogP contribution in [0.15, 0.2) is 0 Å². The highest BCUT2D eigenvalue weighted by molar-refractivity contribution is 5.75. The summed E-state index contributed by atoms with van der Waals surface area (Å²) in [5, 5.41) is 0. The third kappa shape index (κ3) is 4.04. The van der Waals surface area contributed by atoms with E-state index in [0.717, 1.165) is 19.5 Å². The predicted octanol–water partition coefficient (Wildman–Crippen LogP) is -0.443. The third-order valence-corrected chi connectivity index (χ3v) is 2.20. The summed E-state index contributed by atoms with van der Waals surface area (Å²) in [6.45, 7) is 5.25. The summed E-state index contributed by atoms with van der Waals surface area (Å²) in [5.74, 6) is -0.292. The first-order valence-corrected chi connectivity index (χ1v) is 4.96. The zero-order chi connectivity index (χ0) is 10.4. The van der Waals surface area contributed by atoms with E-state index in [0.29, 0.717) is 19.8 Å². The molecule has 0 spiro atoms. The topological polar surface area (TPSA) is 64.8 Å². The summed E-state index contributed by atoms with van der Waals surface area (Å²) in [5.41, 5.74) is 5.11. The number of hydrogen-bond acceptors (Lipinski definition) is 4. The molecule has 2 N–H and O–H groups in total. The minimum Gasteiger partial charge on any atom is -0.369 e. The average molecular weight is 202 g/mol. The van der Waals surface area contributed by atoms with Gasteiger partial charge in [-0.15, -0.1) is 0 Å². The second-order valence-corrected chi connectivity index (χ2v) is 3.29. The molecule has 1 aliphatic rings. The number of likely N-dealkylation sites (N-methyl/N-ethyl adjacent to an activating group) is 1. The minimum atomic E-state index is -0.292. The Labute approximate surface area is 84.1 Å². The van der Waals surface area contributed by atoms with Crippen LogP contribution < -0.4 is 5.73 Å². The molecular formula is C9H18N2O3. The first kappa shape index (κ1) is 11.4. The van der Waals surface area contributed by atoms with Crippen molar-refractivity contribution in [2.24, 2.45) is 5.73 Å².